The van der Waals surface area contributed by atoms with Crippen LogP contribution in [0.5, 0.6) is 0 Å². The minimum absolute atomic E-state index is 0.0165. The molecule has 0 saturated heterocycles. The first-order valence-corrected chi connectivity index (χ1v) is 9.41. The fraction of sp³-hybridized carbons (Fsp3) is 0.273. The molecule has 1 aliphatic carbocycles. The maximum Gasteiger partial charge on any atom is 0.338 e. The van der Waals surface area contributed by atoms with Crippen molar-refractivity contribution in [2.75, 3.05) is 0 Å². The number of carbonyl (C=O) groups excluding carboxylic acids is 1. The Kier molecular flexibility index (Phi) is 4.75. The maximum absolute atomic E-state index is 12.5. The van der Waals surface area contributed by atoms with Gasteiger partial charge in [0.1, 0.15) is 12.2 Å². The molecule has 0 saturated carbocycles. The fourth-order valence-corrected chi connectivity index (χ4v) is 3.72. The Morgan fingerprint density at radius 2 is 1.89 bits per heavy atom. The zero-order chi connectivity index (χ0) is 19.0. The monoisotopic (exact) mass is 382 g/mol. The quantitative estimate of drug-likeness (QED) is 0.473. The molecule has 1 heterocycles. The van der Waals surface area contributed by atoms with Gasteiger partial charge < -0.3 is 9.15 Å². The molecule has 1 aliphatic rings. The fourth-order valence-electron chi connectivity index (χ4n) is 3.55. The molecule has 5 heteroatoms. The van der Waals surface area contributed by atoms with E-state index in [0.717, 1.165) is 24.8 Å². The number of fused-ring (bicyclic) bond motifs is 2. The summed E-state index contributed by atoms with van der Waals surface area (Å²) in [5.41, 5.74) is 4.42. The highest BCUT2D eigenvalue weighted by Crippen LogP contribution is 2.26. The van der Waals surface area contributed by atoms with Crippen LogP contribution in [0.15, 0.2) is 45.6 Å². The van der Waals surface area contributed by atoms with Gasteiger partial charge in [0.2, 0.25) is 0 Å². The molecule has 0 spiro atoms. The van der Waals surface area contributed by atoms with Crippen molar-refractivity contribution >= 4 is 28.5 Å². The van der Waals surface area contributed by atoms with Crippen molar-refractivity contribution in [1.29, 1.82) is 0 Å². The van der Waals surface area contributed by atoms with Gasteiger partial charge in [0, 0.05) is 22.0 Å². The second-order valence-electron chi connectivity index (χ2n) is 6.95. The minimum Gasteiger partial charge on any atom is -0.457 e. The minimum atomic E-state index is -0.482. The van der Waals surface area contributed by atoms with Gasteiger partial charge in [-0.25, -0.2) is 9.59 Å². The molecule has 0 aliphatic heterocycles. The zero-order valence-electron chi connectivity index (χ0n) is 15.0. The molecule has 2 aromatic carbocycles. The largest absolute Gasteiger partial charge is 0.457 e. The highest BCUT2D eigenvalue weighted by molar-refractivity contribution is 6.32. The SMILES string of the molecule is Cc1cc2oc(=O)cc(COC(=O)c3ccc4c(c3)CCCC4)c2cc1Cl. The van der Waals surface area contributed by atoms with Gasteiger partial charge in [-0.1, -0.05) is 17.7 Å². The van der Waals surface area contributed by atoms with Crippen molar-refractivity contribution in [2.45, 2.75) is 39.2 Å². The van der Waals surface area contributed by atoms with Crippen LogP contribution >= 0.6 is 11.6 Å². The predicted octanol–water partition coefficient (Wildman–Crippen LogP) is 4.99. The van der Waals surface area contributed by atoms with Crippen LogP contribution in [0.2, 0.25) is 5.02 Å². The van der Waals surface area contributed by atoms with Crippen LogP contribution in [0.1, 0.15) is 45.5 Å². The number of aryl methyl sites for hydroxylation is 3. The van der Waals surface area contributed by atoms with E-state index in [1.165, 1.54) is 23.6 Å². The van der Waals surface area contributed by atoms with E-state index in [4.69, 9.17) is 20.8 Å². The van der Waals surface area contributed by atoms with Crippen LogP contribution in [0, 0.1) is 6.92 Å². The third-order valence-corrected chi connectivity index (χ3v) is 5.46. The van der Waals surface area contributed by atoms with E-state index in [0.29, 0.717) is 27.1 Å². The van der Waals surface area contributed by atoms with Crippen LogP contribution in [0.3, 0.4) is 0 Å². The van der Waals surface area contributed by atoms with Crippen LogP contribution in [0.4, 0.5) is 0 Å². The number of ether oxygens (including phenoxy) is 1. The summed E-state index contributed by atoms with van der Waals surface area (Å²) in [5.74, 6) is -0.400. The van der Waals surface area contributed by atoms with E-state index in [2.05, 4.69) is 0 Å². The van der Waals surface area contributed by atoms with Crippen LogP contribution in [-0.2, 0) is 24.2 Å². The number of carbonyl (C=O) groups is 1. The van der Waals surface area contributed by atoms with Crippen molar-refractivity contribution < 1.29 is 13.9 Å². The van der Waals surface area contributed by atoms with Crippen molar-refractivity contribution in [1.82, 2.24) is 0 Å². The lowest BCUT2D eigenvalue weighted by Gasteiger charge is -2.16. The van der Waals surface area contributed by atoms with Crippen LogP contribution in [-0.4, -0.2) is 5.97 Å². The van der Waals surface area contributed by atoms with Crippen molar-refractivity contribution in [2.24, 2.45) is 0 Å². The standard InChI is InChI=1S/C22H19ClO4/c1-13-8-20-18(11-19(13)23)17(10-21(24)27-20)12-26-22(25)16-7-6-14-4-2-3-5-15(14)9-16/h6-11H,2-5,12H2,1H3. The van der Waals surface area contributed by atoms with Gasteiger partial charge in [0.15, 0.2) is 0 Å². The first-order chi connectivity index (χ1) is 13.0. The summed E-state index contributed by atoms with van der Waals surface area (Å²) < 4.78 is 10.7. The molecular weight excluding hydrogens is 364 g/mol. The van der Waals surface area contributed by atoms with Crippen molar-refractivity contribution in [3.63, 3.8) is 0 Å². The topological polar surface area (TPSA) is 56.5 Å². The van der Waals surface area contributed by atoms with Crippen molar-refractivity contribution in [3.8, 4) is 0 Å². The highest BCUT2D eigenvalue weighted by atomic mass is 35.5. The van der Waals surface area contributed by atoms with Crippen LogP contribution < -0.4 is 5.63 Å². The molecular formula is C22H19ClO4. The number of halogens is 1. The average Bonchev–Trinajstić information content (AvgIpc) is 2.67. The normalized spacial score (nSPS) is 13.4. The number of esters is 1. The second kappa shape index (κ2) is 7.20. The third kappa shape index (κ3) is 3.62. The summed E-state index contributed by atoms with van der Waals surface area (Å²) in [6, 6.07) is 10.5. The molecule has 0 amide bonds. The molecule has 0 bridgehead atoms. The summed E-state index contributed by atoms with van der Waals surface area (Å²) in [6.07, 6.45) is 4.41. The molecule has 0 N–H and O–H groups in total. The van der Waals surface area contributed by atoms with E-state index >= 15 is 0 Å². The molecule has 27 heavy (non-hydrogen) atoms. The first kappa shape index (κ1) is 17.8. The molecule has 0 radical (unpaired) electrons. The molecule has 0 atom stereocenters. The number of hydrogen-bond acceptors (Lipinski definition) is 4. The molecule has 0 unspecified atom stereocenters. The predicted molar refractivity (Wildman–Crippen MR) is 104 cm³/mol. The van der Waals surface area contributed by atoms with E-state index in [-0.39, 0.29) is 6.61 Å². The third-order valence-electron chi connectivity index (χ3n) is 5.05. The highest BCUT2D eigenvalue weighted by Gasteiger charge is 2.15. The van der Waals surface area contributed by atoms with E-state index < -0.39 is 11.6 Å². The van der Waals surface area contributed by atoms with E-state index in [1.54, 1.807) is 12.1 Å². The molecule has 1 aromatic heterocycles. The first-order valence-electron chi connectivity index (χ1n) is 9.03. The van der Waals surface area contributed by atoms with Crippen LogP contribution in [0.25, 0.3) is 11.0 Å². The lowest BCUT2D eigenvalue weighted by molar-refractivity contribution is 0.0473. The molecule has 4 rings (SSSR count). The Balaban J connectivity index is 1.59. The van der Waals surface area contributed by atoms with Gasteiger partial charge in [0.05, 0.1) is 5.56 Å². The van der Waals surface area contributed by atoms with Gasteiger partial charge in [-0.15, -0.1) is 0 Å². The Morgan fingerprint density at radius 1 is 1.11 bits per heavy atom. The van der Waals surface area contributed by atoms with Gasteiger partial charge in [-0.2, -0.15) is 0 Å². The maximum atomic E-state index is 12.5. The molecule has 3 aromatic rings. The van der Waals surface area contributed by atoms with E-state index in [9.17, 15) is 9.59 Å². The molecule has 4 nitrogen and oxygen atoms in total. The van der Waals surface area contributed by atoms with E-state index in [1.807, 2.05) is 25.1 Å². The number of hydrogen-bond donors (Lipinski definition) is 0. The van der Waals surface area contributed by atoms with Gasteiger partial charge in [-0.3, -0.25) is 0 Å². The zero-order valence-corrected chi connectivity index (χ0v) is 15.8. The summed E-state index contributed by atoms with van der Waals surface area (Å²) in [5, 5.41) is 1.24. The Hall–Kier alpha value is -2.59. The molecule has 138 valence electrons. The van der Waals surface area contributed by atoms with Crippen molar-refractivity contribution in [3.05, 3.63) is 79.7 Å². The summed E-state index contributed by atoms with van der Waals surface area (Å²) >= 11 is 6.20. The number of rotatable bonds is 3. The number of benzene rings is 2. The second-order valence-corrected chi connectivity index (χ2v) is 7.36. The average molecular weight is 383 g/mol. The Bertz CT molecular complexity index is 1100. The lowest BCUT2D eigenvalue weighted by Crippen LogP contribution is -2.10. The molecule has 0 fully saturated rings. The summed E-state index contributed by atoms with van der Waals surface area (Å²) in [4.78, 5) is 24.3. The lowest BCUT2D eigenvalue weighted by atomic mass is 9.90. The van der Waals surface area contributed by atoms with Gasteiger partial charge >= 0.3 is 11.6 Å². The Labute approximate surface area is 161 Å². The summed E-state index contributed by atoms with van der Waals surface area (Å²) in [6.45, 7) is 1.82. The van der Waals surface area contributed by atoms with Gasteiger partial charge in [-0.05, 0) is 73.6 Å². The van der Waals surface area contributed by atoms with Gasteiger partial charge in [0.25, 0.3) is 0 Å². The summed E-state index contributed by atoms with van der Waals surface area (Å²) in [7, 11) is 0. The smallest absolute Gasteiger partial charge is 0.338 e. The Morgan fingerprint density at radius 3 is 2.70 bits per heavy atom.